The molecule has 10 nitrogen and oxygen atoms in total. The summed E-state index contributed by atoms with van der Waals surface area (Å²) in [6.45, 7) is 3.40. The predicted molar refractivity (Wildman–Crippen MR) is 87.0 cm³/mol. The third-order valence-corrected chi connectivity index (χ3v) is 4.36. The number of nitro groups is 1. The monoisotopic (exact) mass is 367 g/mol. The van der Waals surface area contributed by atoms with Crippen LogP contribution in [0, 0.1) is 24.0 Å². The lowest BCUT2D eigenvalue weighted by molar-refractivity contribution is -0.402. The van der Waals surface area contributed by atoms with E-state index in [1.807, 2.05) is 5.32 Å². The maximum absolute atomic E-state index is 12.2. The molecule has 2 aromatic heterocycles. The number of ether oxygens (including phenoxy) is 1. The number of carbonyl (C=O) groups excluding carboxylic acids is 3. The van der Waals surface area contributed by atoms with Crippen LogP contribution in [0.2, 0.25) is 0 Å². The van der Waals surface area contributed by atoms with Crippen LogP contribution < -0.4 is 10.6 Å². The normalized spacial score (nSPS) is 10.2. The van der Waals surface area contributed by atoms with E-state index in [4.69, 9.17) is 4.42 Å². The van der Waals surface area contributed by atoms with Crippen LogP contribution in [0.15, 0.2) is 16.5 Å². The van der Waals surface area contributed by atoms with Gasteiger partial charge < -0.3 is 14.5 Å². The molecular weight excluding hydrogens is 354 g/mol. The fourth-order valence-corrected chi connectivity index (χ4v) is 2.96. The Hall–Kier alpha value is -3.21. The van der Waals surface area contributed by atoms with Gasteiger partial charge in [0.05, 0.1) is 18.7 Å². The molecule has 2 heterocycles. The van der Waals surface area contributed by atoms with Gasteiger partial charge in [-0.05, 0) is 25.5 Å². The Kier molecular flexibility index (Phi) is 5.17. The Morgan fingerprint density at radius 2 is 1.92 bits per heavy atom. The Bertz CT molecular complexity index is 868. The molecule has 0 saturated carbocycles. The number of rotatable bonds is 4. The van der Waals surface area contributed by atoms with Crippen molar-refractivity contribution in [3.05, 3.63) is 44.0 Å². The van der Waals surface area contributed by atoms with Crippen LogP contribution >= 0.6 is 11.3 Å². The number of thiophene rings is 1. The molecule has 11 heteroatoms. The standard InChI is InChI=1S/C14H13N3O7S/c1-6-7(2)25-13(10(6)12(19)16-14(20)23-3)15-11(18)8-4-5-9(24-8)17(21)22/h4-5H,1-3H3,(H,15,18)(H,16,19,20). The number of amides is 3. The molecule has 25 heavy (non-hydrogen) atoms. The van der Waals surface area contributed by atoms with Crippen LogP contribution in [0.25, 0.3) is 0 Å². The summed E-state index contributed by atoms with van der Waals surface area (Å²) in [5, 5.41) is 15.3. The number of hydrogen-bond acceptors (Lipinski definition) is 8. The second-order valence-electron chi connectivity index (χ2n) is 4.78. The molecular formula is C14H13N3O7S. The van der Waals surface area contributed by atoms with Crippen LogP contribution in [0.1, 0.15) is 31.4 Å². The first kappa shape index (κ1) is 18.1. The van der Waals surface area contributed by atoms with Crippen molar-refractivity contribution in [1.29, 1.82) is 0 Å². The molecule has 0 aromatic carbocycles. The molecule has 0 aliphatic heterocycles. The molecule has 0 aliphatic carbocycles. The summed E-state index contributed by atoms with van der Waals surface area (Å²) >= 11 is 1.12. The quantitative estimate of drug-likeness (QED) is 0.625. The van der Waals surface area contributed by atoms with Gasteiger partial charge in [0.15, 0.2) is 5.76 Å². The van der Waals surface area contributed by atoms with Gasteiger partial charge in [0.2, 0.25) is 0 Å². The average molecular weight is 367 g/mol. The minimum absolute atomic E-state index is 0.0994. The number of imide groups is 1. The minimum Gasteiger partial charge on any atom is -0.453 e. The second kappa shape index (κ2) is 7.13. The molecule has 0 bridgehead atoms. The number of methoxy groups -OCH3 is 1. The Labute approximate surface area is 144 Å². The molecule has 0 aliphatic rings. The number of nitrogens with one attached hydrogen (secondary N) is 2. The van der Waals surface area contributed by atoms with Crippen molar-refractivity contribution < 1.29 is 28.5 Å². The third kappa shape index (κ3) is 3.83. The van der Waals surface area contributed by atoms with Crippen molar-refractivity contribution in [2.45, 2.75) is 13.8 Å². The predicted octanol–water partition coefficient (Wildman–Crippen LogP) is 2.61. The van der Waals surface area contributed by atoms with E-state index in [0.717, 1.165) is 35.5 Å². The Morgan fingerprint density at radius 3 is 2.48 bits per heavy atom. The highest BCUT2D eigenvalue weighted by Crippen LogP contribution is 2.33. The largest absolute Gasteiger partial charge is 0.453 e. The summed E-state index contributed by atoms with van der Waals surface area (Å²) < 4.78 is 9.19. The molecule has 3 amide bonds. The molecule has 0 saturated heterocycles. The minimum atomic E-state index is -0.938. The summed E-state index contributed by atoms with van der Waals surface area (Å²) in [6.07, 6.45) is -0.938. The summed E-state index contributed by atoms with van der Waals surface area (Å²) in [7, 11) is 1.11. The van der Waals surface area contributed by atoms with Gasteiger partial charge >= 0.3 is 12.0 Å². The fourth-order valence-electron chi connectivity index (χ4n) is 1.91. The number of hydrogen-bond donors (Lipinski definition) is 2. The van der Waals surface area contributed by atoms with Crippen molar-refractivity contribution in [2.75, 3.05) is 12.4 Å². The SMILES string of the molecule is COC(=O)NC(=O)c1c(NC(=O)c2ccc([N+](=O)[O-])o2)sc(C)c1C. The first-order chi connectivity index (χ1) is 11.7. The van der Waals surface area contributed by atoms with Gasteiger partial charge in [0, 0.05) is 4.88 Å². The Balaban J connectivity index is 2.28. The van der Waals surface area contributed by atoms with E-state index in [2.05, 4.69) is 10.1 Å². The zero-order valence-electron chi connectivity index (χ0n) is 13.4. The lowest BCUT2D eigenvalue weighted by Gasteiger charge is -2.06. The smallest absolute Gasteiger partial charge is 0.433 e. The molecule has 132 valence electrons. The van der Waals surface area contributed by atoms with Gasteiger partial charge in [0.25, 0.3) is 11.8 Å². The first-order valence-electron chi connectivity index (χ1n) is 6.79. The number of alkyl carbamates (subject to hydrolysis) is 1. The van der Waals surface area contributed by atoms with Crippen LogP contribution in [0.4, 0.5) is 15.7 Å². The number of carbonyl (C=O) groups is 3. The summed E-state index contributed by atoms with van der Waals surface area (Å²) in [4.78, 5) is 46.2. The number of aryl methyl sites for hydroxylation is 1. The van der Waals surface area contributed by atoms with Crippen molar-refractivity contribution >= 4 is 40.1 Å². The van der Waals surface area contributed by atoms with Gasteiger partial charge in [0.1, 0.15) is 9.92 Å². The van der Waals surface area contributed by atoms with E-state index in [1.54, 1.807) is 13.8 Å². The first-order valence-corrected chi connectivity index (χ1v) is 7.61. The molecule has 2 rings (SSSR count). The van der Waals surface area contributed by atoms with Crippen molar-refractivity contribution in [1.82, 2.24) is 5.32 Å². The molecule has 2 N–H and O–H groups in total. The van der Waals surface area contributed by atoms with E-state index in [-0.39, 0.29) is 16.3 Å². The van der Waals surface area contributed by atoms with Crippen LogP contribution in [-0.4, -0.2) is 29.9 Å². The highest BCUT2D eigenvalue weighted by molar-refractivity contribution is 7.16. The van der Waals surface area contributed by atoms with E-state index in [9.17, 15) is 24.5 Å². The number of furan rings is 1. The summed E-state index contributed by atoms with van der Waals surface area (Å²) in [6, 6.07) is 2.19. The zero-order valence-corrected chi connectivity index (χ0v) is 14.2. The molecule has 0 fully saturated rings. The van der Waals surface area contributed by atoms with E-state index in [0.29, 0.717) is 5.56 Å². The van der Waals surface area contributed by atoms with Crippen molar-refractivity contribution in [3.8, 4) is 0 Å². The molecule has 0 atom stereocenters. The molecule has 2 aromatic rings. The van der Waals surface area contributed by atoms with Crippen molar-refractivity contribution in [3.63, 3.8) is 0 Å². The summed E-state index contributed by atoms with van der Waals surface area (Å²) in [5.41, 5.74) is 0.675. The van der Waals surface area contributed by atoms with Crippen LogP contribution in [0.5, 0.6) is 0 Å². The molecule has 0 spiro atoms. The fraction of sp³-hybridized carbons (Fsp3) is 0.214. The highest BCUT2D eigenvalue weighted by Gasteiger charge is 2.24. The van der Waals surface area contributed by atoms with Crippen LogP contribution in [-0.2, 0) is 4.74 Å². The zero-order chi connectivity index (χ0) is 18.7. The van der Waals surface area contributed by atoms with Crippen LogP contribution in [0.3, 0.4) is 0 Å². The van der Waals surface area contributed by atoms with Gasteiger partial charge in [-0.25, -0.2) is 4.79 Å². The second-order valence-corrected chi connectivity index (χ2v) is 6.01. The van der Waals surface area contributed by atoms with E-state index in [1.165, 1.54) is 0 Å². The number of nitrogens with zero attached hydrogens (tertiary/aromatic N) is 1. The average Bonchev–Trinajstić information content (AvgIpc) is 3.13. The lowest BCUT2D eigenvalue weighted by atomic mass is 10.1. The van der Waals surface area contributed by atoms with E-state index < -0.39 is 28.7 Å². The Morgan fingerprint density at radius 1 is 1.24 bits per heavy atom. The van der Waals surface area contributed by atoms with Gasteiger partial charge in [-0.1, -0.05) is 0 Å². The van der Waals surface area contributed by atoms with E-state index >= 15 is 0 Å². The van der Waals surface area contributed by atoms with Gasteiger partial charge in [-0.15, -0.1) is 11.3 Å². The third-order valence-electron chi connectivity index (χ3n) is 3.24. The maximum Gasteiger partial charge on any atom is 0.433 e. The molecule has 0 unspecified atom stereocenters. The molecule has 0 radical (unpaired) electrons. The number of anilines is 1. The highest BCUT2D eigenvalue weighted by atomic mass is 32.1. The lowest BCUT2D eigenvalue weighted by Crippen LogP contribution is -2.31. The topological polar surface area (TPSA) is 141 Å². The van der Waals surface area contributed by atoms with Gasteiger partial charge in [-0.2, -0.15) is 0 Å². The summed E-state index contributed by atoms with van der Waals surface area (Å²) in [5.74, 6) is -2.36. The van der Waals surface area contributed by atoms with Crippen molar-refractivity contribution in [2.24, 2.45) is 0 Å². The van der Waals surface area contributed by atoms with Gasteiger partial charge in [-0.3, -0.25) is 25.0 Å². The maximum atomic E-state index is 12.2.